The quantitative estimate of drug-likeness (QED) is 0.393. The molecule has 0 bridgehead atoms. The van der Waals surface area contributed by atoms with Crippen molar-refractivity contribution in [3.63, 3.8) is 0 Å². The molecule has 156 valence electrons. The smallest absolute Gasteiger partial charge is 0.263 e. The molecule has 0 aliphatic carbocycles. The molecule has 1 aromatic heterocycles. The van der Waals surface area contributed by atoms with Crippen molar-refractivity contribution < 1.29 is 9.59 Å². The highest BCUT2D eigenvalue weighted by atomic mass is 35.5. The fourth-order valence-electron chi connectivity index (χ4n) is 2.71. The number of thiophene rings is 1. The van der Waals surface area contributed by atoms with E-state index in [1.807, 2.05) is 26.8 Å². The molecule has 4 nitrogen and oxygen atoms in total. The summed E-state index contributed by atoms with van der Waals surface area (Å²) in [4.78, 5) is 25.4. The lowest BCUT2D eigenvalue weighted by atomic mass is 10.1. The van der Waals surface area contributed by atoms with Crippen LogP contribution in [0, 0.1) is 0 Å². The standard InChI is InChI=1S/C22H19Cl3N2O2S/c1-22(2,3)27-21(29)20-18(25)14-5-4-6-16(19(14)30-20)26-17(28)10-8-12-7-9-13(23)11-15(12)24/h4-11H,1-3H3,(H,26,28)(H,27,29)/b10-8+. The minimum Gasteiger partial charge on any atom is -0.347 e. The van der Waals surface area contributed by atoms with E-state index < -0.39 is 0 Å². The maximum atomic E-state index is 12.6. The first-order chi connectivity index (χ1) is 14.0. The van der Waals surface area contributed by atoms with Gasteiger partial charge in [-0.2, -0.15) is 0 Å². The zero-order valence-electron chi connectivity index (χ0n) is 16.5. The molecular weight excluding hydrogens is 463 g/mol. The molecule has 0 radical (unpaired) electrons. The Morgan fingerprint density at radius 1 is 1.07 bits per heavy atom. The van der Waals surface area contributed by atoms with Crippen LogP contribution in [0.3, 0.4) is 0 Å². The molecular formula is C22H19Cl3N2O2S. The van der Waals surface area contributed by atoms with E-state index in [1.54, 1.807) is 36.4 Å². The van der Waals surface area contributed by atoms with Crippen LogP contribution in [-0.2, 0) is 4.79 Å². The SMILES string of the molecule is CC(C)(C)NC(=O)c1sc2c(NC(=O)/C=C/c3ccc(Cl)cc3Cl)cccc2c1Cl. The molecule has 2 aromatic carbocycles. The zero-order chi connectivity index (χ0) is 22.1. The van der Waals surface area contributed by atoms with E-state index in [1.165, 1.54) is 17.4 Å². The second-order valence-electron chi connectivity index (χ2n) is 7.62. The van der Waals surface area contributed by atoms with Gasteiger partial charge < -0.3 is 10.6 Å². The Hall–Kier alpha value is -2.05. The summed E-state index contributed by atoms with van der Waals surface area (Å²) >= 11 is 19.7. The van der Waals surface area contributed by atoms with Crippen LogP contribution in [0.15, 0.2) is 42.5 Å². The van der Waals surface area contributed by atoms with Crippen molar-refractivity contribution in [2.75, 3.05) is 5.32 Å². The largest absolute Gasteiger partial charge is 0.347 e. The van der Waals surface area contributed by atoms with Crippen molar-refractivity contribution >= 4 is 79.8 Å². The lowest BCUT2D eigenvalue weighted by Gasteiger charge is -2.19. The number of hydrogen-bond donors (Lipinski definition) is 2. The molecule has 0 aliphatic heterocycles. The highest BCUT2D eigenvalue weighted by molar-refractivity contribution is 7.22. The Morgan fingerprint density at radius 2 is 1.80 bits per heavy atom. The maximum absolute atomic E-state index is 12.6. The predicted molar refractivity (Wildman–Crippen MR) is 128 cm³/mol. The molecule has 2 amide bonds. The fraction of sp³-hybridized carbons (Fsp3) is 0.182. The highest BCUT2D eigenvalue weighted by Gasteiger charge is 2.22. The summed E-state index contributed by atoms with van der Waals surface area (Å²) in [6.07, 6.45) is 2.99. The number of benzene rings is 2. The van der Waals surface area contributed by atoms with Crippen LogP contribution in [-0.4, -0.2) is 17.4 Å². The Bertz CT molecular complexity index is 1160. The van der Waals surface area contributed by atoms with Gasteiger partial charge in [0.15, 0.2) is 0 Å². The molecule has 30 heavy (non-hydrogen) atoms. The van der Waals surface area contributed by atoms with Gasteiger partial charge in [0.1, 0.15) is 4.88 Å². The average molecular weight is 482 g/mol. The first-order valence-electron chi connectivity index (χ1n) is 9.03. The van der Waals surface area contributed by atoms with Crippen LogP contribution in [0.2, 0.25) is 15.1 Å². The van der Waals surface area contributed by atoms with Gasteiger partial charge in [-0.1, -0.05) is 53.0 Å². The number of rotatable bonds is 4. The van der Waals surface area contributed by atoms with Crippen molar-refractivity contribution in [2.24, 2.45) is 0 Å². The molecule has 3 rings (SSSR count). The average Bonchev–Trinajstić information content (AvgIpc) is 2.98. The molecule has 0 unspecified atom stereocenters. The van der Waals surface area contributed by atoms with Crippen LogP contribution < -0.4 is 10.6 Å². The number of hydrogen-bond acceptors (Lipinski definition) is 3. The molecule has 0 spiro atoms. The molecule has 0 saturated carbocycles. The van der Waals surface area contributed by atoms with Crippen LogP contribution >= 0.6 is 46.1 Å². The number of nitrogens with one attached hydrogen (secondary N) is 2. The minimum absolute atomic E-state index is 0.247. The number of carbonyl (C=O) groups is 2. The first kappa shape index (κ1) is 22.6. The van der Waals surface area contributed by atoms with Crippen LogP contribution in [0.4, 0.5) is 5.69 Å². The molecule has 8 heteroatoms. The van der Waals surface area contributed by atoms with E-state index in [0.717, 1.165) is 4.70 Å². The van der Waals surface area contributed by atoms with Crippen LogP contribution in [0.5, 0.6) is 0 Å². The second kappa shape index (κ2) is 8.98. The van der Waals surface area contributed by atoms with Crippen molar-refractivity contribution in [1.29, 1.82) is 0 Å². The van der Waals surface area contributed by atoms with Crippen molar-refractivity contribution in [2.45, 2.75) is 26.3 Å². The van der Waals surface area contributed by atoms with E-state index in [-0.39, 0.29) is 17.4 Å². The number of halogens is 3. The lowest BCUT2D eigenvalue weighted by molar-refractivity contribution is -0.111. The van der Waals surface area contributed by atoms with Crippen LogP contribution in [0.1, 0.15) is 36.0 Å². The number of carbonyl (C=O) groups excluding carboxylic acids is 2. The van der Waals surface area contributed by atoms with Gasteiger partial charge in [-0.3, -0.25) is 9.59 Å². The Morgan fingerprint density at radius 3 is 2.47 bits per heavy atom. The summed E-state index contributed by atoms with van der Waals surface area (Å²) in [6.45, 7) is 5.70. The van der Waals surface area contributed by atoms with E-state index >= 15 is 0 Å². The maximum Gasteiger partial charge on any atom is 0.263 e. The van der Waals surface area contributed by atoms with Crippen molar-refractivity contribution in [1.82, 2.24) is 5.32 Å². The van der Waals surface area contributed by atoms with Gasteiger partial charge in [-0.15, -0.1) is 11.3 Å². The van der Waals surface area contributed by atoms with Gasteiger partial charge in [0.2, 0.25) is 5.91 Å². The summed E-state index contributed by atoms with van der Waals surface area (Å²) in [5.74, 6) is -0.581. The Kier molecular flexibility index (Phi) is 6.78. The lowest BCUT2D eigenvalue weighted by Crippen LogP contribution is -2.40. The molecule has 1 heterocycles. The third-order valence-corrected chi connectivity index (χ3v) is 6.29. The van der Waals surface area contributed by atoms with E-state index in [9.17, 15) is 9.59 Å². The van der Waals surface area contributed by atoms with Gasteiger partial charge in [-0.05, 0) is 50.6 Å². The van der Waals surface area contributed by atoms with E-state index in [4.69, 9.17) is 34.8 Å². The first-order valence-corrected chi connectivity index (χ1v) is 11.0. The normalized spacial score (nSPS) is 11.8. The topological polar surface area (TPSA) is 58.2 Å². The van der Waals surface area contributed by atoms with E-state index in [0.29, 0.717) is 36.6 Å². The zero-order valence-corrected chi connectivity index (χ0v) is 19.6. The highest BCUT2D eigenvalue weighted by Crippen LogP contribution is 2.39. The van der Waals surface area contributed by atoms with Crippen LogP contribution in [0.25, 0.3) is 16.2 Å². The summed E-state index contributed by atoms with van der Waals surface area (Å²) in [5, 5.41) is 7.81. The predicted octanol–water partition coefficient (Wildman–Crippen LogP) is 7.04. The van der Waals surface area contributed by atoms with Crippen molar-refractivity contribution in [3.05, 3.63) is 68.0 Å². The second-order valence-corrected chi connectivity index (χ2v) is 9.86. The van der Waals surface area contributed by atoms with E-state index in [2.05, 4.69) is 10.6 Å². The molecule has 0 aliphatic rings. The van der Waals surface area contributed by atoms with Gasteiger partial charge in [0, 0.05) is 27.0 Å². The number of fused-ring (bicyclic) bond motifs is 1. The summed E-state index contributed by atoms with van der Waals surface area (Å²) in [6, 6.07) is 10.4. The summed E-state index contributed by atoms with van der Waals surface area (Å²) < 4.78 is 0.729. The third-order valence-electron chi connectivity index (χ3n) is 3.98. The fourth-order valence-corrected chi connectivity index (χ4v) is 4.65. The number of anilines is 1. The monoisotopic (exact) mass is 480 g/mol. The number of amides is 2. The van der Waals surface area contributed by atoms with Gasteiger partial charge in [0.05, 0.1) is 15.4 Å². The Labute approximate surface area is 193 Å². The van der Waals surface area contributed by atoms with Gasteiger partial charge >= 0.3 is 0 Å². The molecule has 0 saturated heterocycles. The Balaban J connectivity index is 1.86. The molecule has 2 N–H and O–H groups in total. The third kappa shape index (κ3) is 5.35. The van der Waals surface area contributed by atoms with Gasteiger partial charge in [0.25, 0.3) is 5.91 Å². The molecule has 0 fully saturated rings. The summed E-state index contributed by atoms with van der Waals surface area (Å²) in [7, 11) is 0. The molecule has 3 aromatic rings. The van der Waals surface area contributed by atoms with Gasteiger partial charge in [-0.25, -0.2) is 0 Å². The van der Waals surface area contributed by atoms with Crippen molar-refractivity contribution in [3.8, 4) is 0 Å². The minimum atomic E-state index is -0.388. The molecule has 0 atom stereocenters. The summed E-state index contributed by atoms with van der Waals surface area (Å²) in [5.41, 5.74) is 0.863.